The Morgan fingerprint density at radius 3 is 2.52 bits per heavy atom. The van der Waals surface area contributed by atoms with Gasteiger partial charge >= 0.3 is 0 Å². The summed E-state index contributed by atoms with van der Waals surface area (Å²) in [6, 6.07) is 6.61. The molecule has 0 aliphatic heterocycles. The van der Waals surface area contributed by atoms with Crippen molar-refractivity contribution in [2.24, 2.45) is 0 Å². The minimum Gasteiger partial charge on any atom is -0.302 e. The molecule has 2 nitrogen and oxygen atoms in total. The molecule has 0 bridgehead atoms. The molecule has 0 fully saturated rings. The number of rotatable bonds is 5. The number of nitrogens with zero attached hydrogens (tertiary/aromatic N) is 1. The lowest BCUT2D eigenvalue weighted by molar-refractivity contribution is 0.525. The van der Waals surface area contributed by atoms with Gasteiger partial charge in [0.1, 0.15) is 5.01 Å². The van der Waals surface area contributed by atoms with Crippen LogP contribution in [0.1, 0.15) is 53.5 Å². The summed E-state index contributed by atoms with van der Waals surface area (Å²) in [7, 11) is 0. The van der Waals surface area contributed by atoms with Crippen LogP contribution in [0.3, 0.4) is 0 Å². The van der Waals surface area contributed by atoms with Gasteiger partial charge in [0.05, 0.1) is 11.7 Å². The highest BCUT2D eigenvalue weighted by atomic mass is 35.5. The van der Waals surface area contributed by atoms with Crippen molar-refractivity contribution >= 4 is 22.9 Å². The second-order valence-corrected chi connectivity index (χ2v) is 7.34. The van der Waals surface area contributed by atoms with Gasteiger partial charge < -0.3 is 5.32 Å². The molecule has 0 saturated heterocycles. The molecular formula is C17H23ClN2S. The van der Waals surface area contributed by atoms with Crippen molar-refractivity contribution in [3.63, 3.8) is 0 Å². The summed E-state index contributed by atoms with van der Waals surface area (Å²) >= 11 is 7.88. The van der Waals surface area contributed by atoms with Crippen LogP contribution >= 0.6 is 22.9 Å². The van der Waals surface area contributed by atoms with Crippen molar-refractivity contribution in [3.8, 4) is 0 Å². The summed E-state index contributed by atoms with van der Waals surface area (Å²) in [6.45, 7) is 10.8. The molecule has 1 atom stereocenters. The molecule has 1 heterocycles. The van der Waals surface area contributed by atoms with Gasteiger partial charge in [0.15, 0.2) is 0 Å². The summed E-state index contributed by atoms with van der Waals surface area (Å²) in [6.07, 6.45) is 0.982. The largest absolute Gasteiger partial charge is 0.302 e. The molecule has 0 saturated carbocycles. The second kappa shape index (κ2) is 6.91. The Morgan fingerprint density at radius 1 is 1.29 bits per heavy atom. The summed E-state index contributed by atoms with van der Waals surface area (Å²) in [4.78, 5) is 6.16. The van der Waals surface area contributed by atoms with Crippen molar-refractivity contribution < 1.29 is 0 Å². The van der Waals surface area contributed by atoms with Gasteiger partial charge in [-0.25, -0.2) is 4.98 Å². The highest BCUT2D eigenvalue weighted by Gasteiger charge is 2.21. The standard InChI is InChI=1S/C17H23ClN2S/c1-6-15-12(5)21-17(20-15)16(19-10(2)3)14-8-7-13(18)9-11(14)4/h7-10,16,19H,6H2,1-5H3. The first-order valence-corrected chi connectivity index (χ1v) is 8.60. The minimum atomic E-state index is 0.131. The van der Waals surface area contributed by atoms with Crippen LogP contribution in [-0.2, 0) is 6.42 Å². The van der Waals surface area contributed by atoms with E-state index in [1.54, 1.807) is 11.3 Å². The molecule has 114 valence electrons. The SMILES string of the molecule is CCc1nc(C(NC(C)C)c2ccc(Cl)cc2C)sc1C. The molecule has 1 aromatic carbocycles. The van der Waals surface area contributed by atoms with Crippen LogP contribution < -0.4 is 5.32 Å². The molecule has 0 radical (unpaired) electrons. The van der Waals surface area contributed by atoms with Gasteiger partial charge in [0, 0.05) is 15.9 Å². The molecule has 4 heteroatoms. The maximum atomic E-state index is 6.09. The first-order valence-electron chi connectivity index (χ1n) is 7.40. The lowest BCUT2D eigenvalue weighted by Gasteiger charge is -2.21. The summed E-state index contributed by atoms with van der Waals surface area (Å²) in [5.41, 5.74) is 3.66. The van der Waals surface area contributed by atoms with E-state index in [1.165, 1.54) is 21.7 Å². The lowest BCUT2D eigenvalue weighted by atomic mass is 10.0. The van der Waals surface area contributed by atoms with Crippen molar-refractivity contribution in [2.75, 3.05) is 0 Å². The number of aromatic nitrogens is 1. The Morgan fingerprint density at radius 2 is 2.00 bits per heavy atom. The topological polar surface area (TPSA) is 24.9 Å². The third kappa shape index (κ3) is 3.85. The van der Waals surface area contributed by atoms with E-state index in [9.17, 15) is 0 Å². The van der Waals surface area contributed by atoms with E-state index in [4.69, 9.17) is 16.6 Å². The Bertz CT molecular complexity index is 619. The third-order valence-electron chi connectivity index (χ3n) is 3.53. The van der Waals surface area contributed by atoms with Gasteiger partial charge in [0.25, 0.3) is 0 Å². The molecule has 0 aliphatic rings. The quantitative estimate of drug-likeness (QED) is 0.832. The number of hydrogen-bond donors (Lipinski definition) is 1. The van der Waals surface area contributed by atoms with Crippen LogP contribution in [0.25, 0.3) is 0 Å². The average molecular weight is 323 g/mol. The van der Waals surface area contributed by atoms with Crippen LogP contribution in [0.4, 0.5) is 0 Å². The van der Waals surface area contributed by atoms with Gasteiger partial charge in [-0.15, -0.1) is 11.3 Å². The first kappa shape index (κ1) is 16.5. The predicted molar refractivity (Wildman–Crippen MR) is 92.5 cm³/mol. The lowest BCUT2D eigenvalue weighted by Crippen LogP contribution is -2.29. The highest BCUT2D eigenvalue weighted by molar-refractivity contribution is 7.11. The van der Waals surface area contributed by atoms with E-state index < -0.39 is 0 Å². The Balaban J connectivity index is 2.46. The van der Waals surface area contributed by atoms with Crippen molar-refractivity contribution in [1.29, 1.82) is 0 Å². The maximum absolute atomic E-state index is 6.09. The smallest absolute Gasteiger partial charge is 0.115 e. The normalized spacial score (nSPS) is 12.9. The molecule has 1 N–H and O–H groups in total. The van der Waals surface area contributed by atoms with Crippen molar-refractivity contribution in [1.82, 2.24) is 10.3 Å². The minimum absolute atomic E-state index is 0.131. The fourth-order valence-electron chi connectivity index (χ4n) is 2.49. The zero-order valence-electron chi connectivity index (χ0n) is 13.3. The Hall–Kier alpha value is -0.900. The highest BCUT2D eigenvalue weighted by Crippen LogP contribution is 2.31. The molecule has 2 aromatic rings. The van der Waals surface area contributed by atoms with Crippen molar-refractivity contribution in [3.05, 3.63) is 49.9 Å². The second-order valence-electron chi connectivity index (χ2n) is 5.66. The average Bonchev–Trinajstić information content (AvgIpc) is 2.77. The van der Waals surface area contributed by atoms with E-state index >= 15 is 0 Å². The van der Waals surface area contributed by atoms with Gasteiger partial charge in [-0.05, 0) is 57.4 Å². The number of benzene rings is 1. The number of halogens is 1. The molecule has 0 aliphatic carbocycles. The van der Waals surface area contributed by atoms with Crippen molar-refractivity contribution in [2.45, 2.75) is 53.1 Å². The van der Waals surface area contributed by atoms with E-state index in [2.05, 4.69) is 46.0 Å². The fourth-order valence-corrected chi connectivity index (χ4v) is 3.81. The van der Waals surface area contributed by atoms with Gasteiger partial charge in [-0.2, -0.15) is 0 Å². The molecule has 21 heavy (non-hydrogen) atoms. The molecule has 1 aromatic heterocycles. The molecule has 0 spiro atoms. The van der Waals surface area contributed by atoms with E-state index in [-0.39, 0.29) is 6.04 Å². The Labute approximate surface area is 136 Å². The monoisotopic (exact) mass is 322 g/mol. The van der Waals surface area contributed by atoms with E-state index in [0.717, 1.165) is 16.5 Å². The van der Waals surface area contributed by atoms with Crippen LogP contribution in [0.5, 0.6) is 0 Å². The van der Waals surface area contributed by atoms with Crippen LogP contribution in [0, 0.1) is 13.8 Å². The van der Waals surface area contributed by atoms with Crippen LogP contribution in [0.15, 0.2) is 18.2 Å². The number of nitrogens with one attached hydrogen (secondary N) is 1. The zero-order valence-corrected chi connectivity index (χ0v) is 14.9. The van der Waals surface area contributed by atoms with E-state index in [0.29, 0.717) is 6.04 Å². The third-order valence-corrected chi connectivity index (χ3v) is 4.85. The zero-order chi connectivity index (χ0) is 15.6. The number of aryl methyl sites for hydroxylation is 3. The molecule has 0 amide bonds. The van der Waals surface area contributed by atoms with Crippen LogP contribution in [-0.4, -0.2) is 11.0 Å². The summed E-state index contributed by atoms with van der Waals surface area (Å²) < 4.78 is 0. The molecule has 1 unspecified atom stereocenters. The number of thiazole rings is 1. The molecular weight excluding hydrogens is 300 g/mol. The number of hydrogen-bond acceptors (Lipinski definition) is 3. The van der Waals surface area contributed by atoms with Crippen LogP contribution in [0.2, 0.25) is 5.02 Å². The van der Waals surface area contributed by atoms with Gasteiger partial charge in [0.2, 0.25) is 0 Å². The van der Waals surface area contributed by atoms with Gasteiger partial charge in [-0.3, -0.25) is 0 Å². The fraction of sp³-hybridized carbons (Fsp3) is 0.471. The Kier molecular flexibility index (Phi) is 5.42. The summed E-state index contributed by atoms with van der Waals surface area (Å²) in [5, 5.41) is 5.57. The van der Waals surface area contributed by atoms with Gasteiger partial charge in [-0.1, -0.05) is 24.6 Å². The molecule has 2 rings (SSSR count). The predicted octanol–water partition coefficient (Wildman–Crippen LogP) is 5.06. The van der Waals surface area contributed by atoms with E-state index in [1.807, 2.05) is 12.1 Å². The first-order chi connectivity index (χ1) is 9.92. The summed E-state index contributed by atoms with van der Waals surface area (Å²) in [5.74, 6) is 0. The maximum Gasteiger partial charge on any atom is 0.115 e.